The van der Waals surface area contributed by atoms with Crippen LogP contribution in [0.2, 0.25) is 0 Å². The van der Waals surface area contributed by atoms with Gasteiger partial charge < -0.3 is 20.7 Å². The Morgan fingerprint density at radius 2 is 2.00 bits per heavy atom. The van der Waals surface area contributed by atoms with Gasteiger partial charge in [0.25, 0.3) is 0 Å². The van der Waals surface area contributed by atoms with Crippen LogP contribution in [0.3, 0.4) is 0 Å². The number of hydrogen-bond donors (Lipinski definition) is 3. The van der Waals surface area contributed by atoms with Crippen LogP contribution in [-0.2, 0) is 11.3 Å². The summed E-state index contributed by atoms with van der Waals surface area (Å²) < 4.78 is 5.87. The van der Waals surface area contributed by atoms with Crippen LogP contribution in [-0.4, -0.2) is 38.1 Å². The Morgan fingerprint density at radius 1 is 1.25 bits per heavy atom. The van der Waals surface area contributed by atoms with Crippen molar-refractivity contribution in [2.24, 2.45) is 4.99 Å². The number of nitrogens with one attached hydrogen (secondary N) is 3. The van der Waals surface area contributed by atoms with Gasteiger partial charge in [0.15, 0.2) is 5.96 Å². The molecule has 0 aliphatic rings. The van der Waals surface area contributed by atoms with E-state index < -0.39 is 0 Å². The third-order valence-electron chi connectivity index (χ3n) is 3.24. The summed E-state index contributed by atoms with van der Waals surface area (Å²) in [5.74, 6) is 1.41. The quantitative estimate of drug-likeness (QED) is 0.502. The van der Waals surface area contributed by atoms with Gasteiger partial charge in [-0.05, 0) is 38.8 Å². The van der Waals surface area contributed by atoms with Crippen molar-refractivity contribution in [3.63, 3.8) is 0 Å². The third-order valence-corrected chi connectivity index (χ3v) is 3.24. The van der Waals surface area contributed by atoms with Gasteiger partial charge in [-0.15, -0.1) is 0 Å². The molecule has 0 radical (unpaired) electrons. The Hall–Kier alpha value is -2.24. The fourth-order valence-electron chi connectivity index (χ4n) is 2.06. The van der Waals surface area contributed by atoms with Gasteiger partial charge >= 0.3 is 0 Å². The van der Waals surface area contributed by atoms with Gasteiger partial charge in [0, 0.05) is 25.7 Å². The van der Waals surface area contributed by atoms with E-state index in [9.17, 15) is 4.79 Å². The Labute approximate surface area is 145 Å². The predicted octanol–water partition coefficient (Wildman–Crippen LogP) is 1.97. The summed E-state index contributed by atoms with van der Waals surface area (Å²) >= 11 is 0. The van der Waals surface area contributed by atoms with Crippen LogP contribution in [0.1, 0.15) is 38.3 Å². The molecule has 1 amide bonds. The maximum Gasteiger partial charge on any atom is 0.239 e. The zero-order chi connectivity index (χ0) is 17.9. The first-order chi connectivity index (χ1) is 11.5. The number of aryl methyl sites for hydroxylation is 1. The van der Waals surface area contributed by atoms with E-state index in [1.54, 1.807) is 7.05 Å². The lowest BCUT2D eigenvalue weighted by molar-refractivity contribution is -0.120. The topological polar surface area (TPSA) is 74.8 Å². The second kappa shape index (κ2) is 10.5. The van der Waals surface area contributed by atoms with E-state index in [1.165, 1.54) is 0 Å². The number of carbonyl (C=O) groups is 1. The van der Waals surface area contributed by atoms with E-state index in [0.29, 0.717) is 19.0 Å². The molecule has 0 atom stereocenters. The lowest BCUT2D eigenvalue weighted by Gasteiger charge is -2.17. The summed E-state index contributed by atoms with van der Waals surface area (Å²) in [4.78, 5) is 15.8. The maximum absolute atomic E-state index is 11.6. The molecule has 0 saturated heterocycles. The SMILES string of the molecule is CCCNC(=O)CNC(=NC)NCc1ccc(C)cc1OC(C)C. The molecule has 0 aliphatic heterocycles. The van der Waals surface area contributed by atoms with Gasteiger partial charge in [0.2, 0.25) is 5.91 Å². The van der Waals surface area contributed by atoms with Crippen LogP contribution in [0.4, 0.5) is 0 Å². The first-order valence-electron chi connectivity index (χ1n) is 8.43. The molecule has 0 heterocycles. The molecule has 3 N–H and O–H groups in total. The Morgan fingerprint density at radius 3 is 2.62 bits per heavy atom. The zero-order valence-corrected chi connectivity index (χ0v) is 15.4. The molecule has 24 heavy (non-hydrogen) atoms. The van der Waals surface area contributed by atoms with Gasteiger partial charge in [-0.2, -0.15) is 0 Å². The number of nitrogens with zero attached hydrogens (tertiary/aromatic N) is 1. The number of ether oxygens (including phenoxy) is 1. The van der Waals surface area contributed by atoms with Crippen LogP contribution in [0.25, 0.3) is 0 Å². The second-order valence-electron chi connectivity index (χ2n) is 5.91. The number of benzene rings is 1. The van der Waals surface area contributed by atoms with Crippen molar-refractivity contribution in [2.75, 3.05) is 20.1 Å². The molecule has 6 heteroatoms. The predicted molar refractivity (Wildman–Crippen MR) is 98.4 cm³/mol. The fraction of sp³-hybridized carbons (Fsp3) is 0.556. The first-order valence-corrected chi connectivity index (χ1v) is 8.43. The highest BCUT2D eigenvalue weighted by atomic mass is 16.5. The maximum atomic E-state index is 11.6. The molecule has 0 fully saturated rings. The highest BCUT2D eigenvalue weighted by Crippen LogP contribution is 2.21. The molecule has 6 nitrogen and oxygen atoms in total. The van der Waals surface area contributed by atoms with Crippen LogP contribution >= 0.6 is 0 Å². The van der Waals surface area contributed by atoms with Crippen molar-refractivity contribution in [3.05, 3.63) is 29.3 Å². The molecule has 1 rings (SSSR count). The number of guanidine groups is 1. The average molecular weight is 334 g/mol. The summed E-state index contributed by atoms with van der Waals surface area (Å²) in [6.07, 6.45) is 1.04. The van der Waals surface area contributed by atoms with E-state index in [-0.39, 0.29) is 18.6 Å². The van der Waals surface area contributed by atoms with E-state index in [4.69, 9.17) is 4.74 Å². The smallest absolute Gasteiger partial charge is 0.239 e. The molecule has 0 aromatic heterocycles. The van der Waals surface area contributed by atoms with Gasteiger partial charge in [-0.3, -0.25) is 9.79 Å². The zero-order valence-electron chi connectivity index (χ0n) is 15.4. The third kappa shape index (κ3) is 7.35. The molecule has 0 spiro atoms. The molecule has 0 unspecified atom stereocenters. The standard InChI is InChI=1S/C18H30N4O2/c1-6-9-20-17(23)12-22-18(19-5)21-11-15-8-7-14(4)10-16(15)24-13(2)3/h7-8,10,13H,6,9,11-12H2,1-5H3,(H,20,23)(H2,19,21,22). The summed E-state index contributed by atoms with van der Waals surface area (Å²) in [6, 6.07) is 6.13. The number of carbonyl (C=O) groups excluding carboxylic acids is 1. The summed E-state index contributed by atoms with van der Waals surface area (Å²) in [6.45, 7) is 9.53. The van der Waals surface area contributed by atoms with Gasteiger partial charge in [0.05, 0.1) is 12.6 Å². The summed E-state index contributed by atoms with van der Waals surface area (Å²) in [5.41, 5.74) is 2.21. The fourth-order valence-corrected chi connectivity index (χ4v) is 2.06. The van der Waals surface area contributed by atoms with E-state index in [0.717, 1.165) is 23.3 Å². The first kappa shape index (κ1) is 19.8. The van der Waals surface area contributed by atoms with Crippen molar-refractivity contribution in [1.82, 2.24) is 16.0 Å². The molecule has 1 aromatic carbocycles. The van der Waals surface area contributed by atoms with Crippen LogP contribution in [0, 0.1) is 6.92 Å². The highest BCUT2D eigenvalue weighted by Gasteiger charge is 2.08. The Bertz CT molecular complexity index is 556. The van der Waals surface area contributed by atoms with Crippen LogP contribution < -0.4 is 20.7 Å². The molecule has 134 valence electrons. The molecular weight excluding hydrogens is 304 g/mol. The minimum atomic E-state index is -0.0426. The molecule has 0 aliphatic carbocycles. The second-order valence-corrected chi connectivity index (χ2v) is 5.91. The minimum absolute atomic E-state index is 0.0426. The highest BCUT2D eigenvalue weighted by molar-refractivity contribution is 5.86. The molecule has 0 bridgehead atoms. The number of hydrogen-bond acceptors (Lipinski definition) is 3. The largest absolute Gasteiger partial charge is 0.491 e. The van der Waals surface area contributed by atoms with Gasteiger partial charge in [-0.25, -0.2) is 0 Å². The van der Waals surface area contributed by atoms with E-state index in [2.05, 4.69) is 27.0 Å². The molecular formula is C18H30N4O2. The van der Waals surface area contributed by atoms with E-state index >= 15 is 0 Å². The van der Waals surface area contributed by atoms with Crippen molar-refractivity contribution in [1.29, 1.82) is 0 Å². The lowest BCUT2D eigenvalue weighted by Crippen LogP contribution is -2.43. The van der Waals surface area contributed by atoms with Crippen LogP contribution in [0.15, 0.2) is 23.2 Å². The molecule has 0 saturated carbocycles. The Kier molecular flexibility index (Phi) is 8.68. The lowest BCUT2D eigenvalue weighted by atomic mass is 10.1. The normalized spacial score (nSPS) is 11.3. The monoisotopic (exact) mass is 334 g/mol. The van der Waals surface area contributed by atoms with Gasteiger partial charge in [0.1, 0.15) is 5.75 Å². The van der Waals surface area contributed by atoms with Crippen LogP contribution in [0.5, 0.6) is 5.75 Å². The van der Waals surface area contributed by atoms with Gasteiger partial charge in [-0.1, -0.05) is 19.1 Å². The van der Waals surface area contributed by atoms with E-state index in [1.807, 2.05) is 39.8 Å². The minimum Gasteiger partial charge on any atom is -0.491 e. The number of aliphatic imine (C=N–C) groups is 1. The Balaban J connectivity index is 2.58. The number of amides is 1. The summed E-state index contributed by atoms with van der Waals surface area (Å²) in [5, 5.41) is 9.03. The van der Waals surface area contributed by atoms with Crippen molar-refractivity contribution in [3.8, 4) is 5.75 Å². The number of rotatable bonds is 8. The molecule has 1 aromatic rings. The summed E-state index contributed by atoms with van der Waals surface area (Å²) in [7, 11) is 1.68. The average Bonchev–Trinajstić information content (AvgIpc) is 2.54. The van der Waals surface area contributed by atoms with Crippen molar-refractivity contribution >= 4 is 11.9 Å². The van der Waals surface area contributed by atoms with Crippen molar-refractivity contribution in [2.45, 2.75) is 46.8 Å². The van der Waals surface area contributed by atoms with Crippen molar-refractivity contribution < 1.29 is 9.53 Å².